The number of aromatic nitrogens is 5. The predicted octanol–water partition coefficient (Wildman–Crippen LogP) is 4.10. The third-order valence-corrected chi connectivity index (χ3v) is 6.12. The largest absolute Gasteiger partial charge is 0.497 e. The number of nitrogens with one attached hydrogen (secondary N) is 1. The highest BCUT2D eigenvalue weighted by atomic mass is 16.5. The average Bonchev–Trinajstić information content (AvgIpc) is 3.48. The first kappa shape index (κ1) is 18.1. The smallest absolute Gasteiger partial charge is 0.179 e. The van der Waals surface area contributed by atoms with Crippen molar-refractivity contribution in [3.63, 3.8) is 0 Å². The van der Waals surface area contributed by atoms with Gasteiger partial charge in [0.1, 0.15) is 11.6 Å². The Bertz CT molecular complexity index is 1120. The normalized spacial score (nSPS) is 21.9. The van der Waals surface area contributed by atoms with Gasteiger partial charge in [-0.3, -0.25) is 4.40 Å². The van der Waals surface area contributed by atoms with Gasteiger partial charge in [-0.1, -0.05) is 25.5 Å². The molecule has 150 valence electrons. The van der Waals surface area contributed by atoms with Gasteiger partial charge in [0, 0.05) is 12.1 Å². The molecule has 0 amide bonds. The van der Waals surface area contributed by atoms with Crippen LogP contribution in [0.3, 0.4) is 0 Å². The Morgan fingerprint density at radius 1 is 1.14 bits per heavy atom. The highest BCUT2D eigenvalue weighted by Gasteiger charge is 2.37. The number of aromatic amines is 1. The first-order chi connectivity index (χ1) is 14.3. The molecule has 0 aliphatic heterocycles. The number of nitrogens with zero attached hydrogens (tertiary/aromatic N) is 4. The lowest BCUT2D eigenvalue weighted by Gasteiger charge is -2.15. The maximum atomic E-state index is 6.29. The van der Waals surface area contributed by atoms with Gasteiger partial charge in [-0.05, 0) is 42.5 Å². The molecule has 1 aromatic carbocycles. The lowest BCUT2D eigenvalue weighted by atomic mass is 9.93. The summed E-state index contributed by atoms with van der Waals surface area (Å²) in [6, 6.07) is 10.1. The van der Waals surface area contributed by atoms with Crippen molar-refractivity contribution in [3.05, 3.63) is 54.1 Å². The standard InChI is InChI=1S/C22H25N5O2/c1-3-15-10-17(29-13-14-4-6-16(28-2)7-5-14)11-18(15)22-26-25-20-12-24-21-19(27(20)22)8-9-23-21/h4-9,12,15,17-18,23H,3,10-11,13H2,1-2H3/t15-,17+,18-/m1/s1. The summed E-state index contributed by atoms with van der Waals surface area (Å²) in [6.07, 6.45) is 7.03. The van der Waals surface area contributed by atoms with Crippen LogP contribution in [0.1, 0.15) is 43.5 Å². The molecule has 1 N–H and O–H groups in total. The molecular weight excluding hydrogens is 366 g/mol. The molecule has 0 saturated heterocycles. The quantitative estimate of drug-likeness (QED) is 0.535. The van der Waals surface area contributed by atoms with Gasteiger partial charge in [0.25, 0.3) is 0 Å². The summed E-state index contributed by atoms with van der Waals surface area (Å²) in [4.78, 5) is 7.61. The van der Waals surface area contributed by atoms with Gasteiger partial charge in [-0.2, -0.15) is 0 Å². The molecule has 1 saturated carbocycles. The van der Waals surface area contributed by atoms with Crippen LogP contribution in [0.4, 0.5) is 0 Å². The van der Waals surface area contributed by atoms with E-state index >= 15 is 0 Å². The minimum absolute atomic E-state index is 0.225. The third kappa shape index (κ3) is 3.25. The van der Waals surface area contributed by atoms with Crippen LogP contribution in [0, 0.1) is 5.92 Å². The molecule has 4 aromatic rings. The summed E-state index contributed by atoms with van der Waals surface area (Å²) >= 11 is 0. The highest BCUT2D eigenvalue weighted by molar-refractivity contribution is 5.74. The molecule has 1 fully saturated rings. The molecule has 0 unspecified atom stereocenters. The van der Waals surface area contributed by atoms with Crippen LogP contribution in [0.25, 0.3) is 16.8 Å². The number of benzene rings is 1. The number of hydrogen-bond donors (Lipinski definition) is 1. The van der Waals surface area contributed by atoms with Crippen LogP contribution in [0.5, 0.6) is 5.75 Å². The molecule has 0 radical (unpaired) electrons. The fourth-order valence-electron chi connectivity index (χ4n) is 4.55. The second kappa shape index (κ2) is 7.48. The van der Waals surface area contributed by atoms with Crippen LogP contribution >= 0.6 is 0 Å². The molecule has 1 aliphatic carbocycles. The van der Waals surface area contributed by atoms with E-state index < -0.39 is 0 Å². The van der Waals surface area contributed by atoms with E-state index in [2.05, 4.69) is 43.6 Å². The lowest BCUT2D eigenvalue weighted by molar-refractivity contribution is 0.0422. The molecule has 0 spiro atoms. The monoisotopic (exact) mass is 391 g/mol. The van der Waals surface area contributed by atoms with Crippen molar-refractivity contribution in [2.75, 3.05) is 7.11 Å². The summed E-state index contributed by atoms with van der Waals surface area (Å²) < 4.78 is 13.7. The fraction of sp³-hybridized carbons (Fsp3) is 0.409. The Morgan fingerprint density at radius 2 is 2.00 bits per heavy atom. The number of H-pyrrole nitrogens is 1. The minimum atomic E-state index is 0.225. The Morgan fingerprint density at radius 3 is 2.79 bits per heavy atom. The number of ether oxygens (including phenoxy) is 2. The van der Waals surface area contributed by atoms with Gasteiger partial charge in [-0.15, -0.1) is 10.2 Å². The van der Waals surface area contributed by atoms with E-state index in [0.29, 0.717) is 18.4 Å². The Kier molecular flexibility index (Phi) is 4.67. The lowest BCUT2D eigenvalue weighted by Crippen LogP contribution is -2.10. The van der Waals surface area contributed by atoms with E-state index in [1.807, 2.05) is 24.4 Å². The van der Waals surface area contributed by atoms with E-state index in [-0.39, 0.29) is 6.10 Å². The molecule has 7 heteroatoms. The van der Waals surface area contributed by atoms with Gasteiger partial charge >= 0.3 is 0 Å². The first-order valence-corrected chi connectivity index (χ1v) is 10.2. The molecule has 0 bridgehead atoms. The number of fused-ring (bicyclic) bond motifs is 3. The summed E-state index contributed by atoms with van der Waals surface area (Å²) in [5.41, 5.74) is 3.84. The maximum Gasteiger partial charge on any atom is 0.179 e. The van der Waals surface area contributed by atoms with Crippen molar-refractivity contribution in [2.24, 2.45) is 5.92 Å². The van der Waals surface area contributed by atoms with Crippen molar-refractivity contribution in [2.45, 2.75) is 44.8 Å². The second-order valence-electron chi connectivity index (χ2n) is 7.75. The van der Waals surface area contributed by atoms with Crippen LogP contribution in [-0.4, -0.2) is 37.8 Å². The SMILES string of the molecule is CC[C@@H]1C[C@H](OCc2ccc(OC)cc2)C[C@H]1c1nnc2cnc3[nH]ccc3n12. The van der Waals surface area contributed by atoms with Gasteiger partial charge in [0.05, 0.1) is 31.5 Å². The zero-order valence-electron chi connectivity index (χ0n) is 16.7. The molecule has 5 rings (SSSR count). The van der Waals surface area contributed by atoms with Crippen molar-refractivity contribution < 1.29 is 9.47 Å². The Hall–Kier alpha value is -2.93. The second-order valence-corrected chi connectivity index (χ2v) is 7.75. The summed E-state index contributed by atoms with van der Waals surface area (Å²) in [7, 11) is 1.68. The van der Waals surface area contributed by atoms with E-state index in [1.165, 1.54) is 0 Å². The van der Waals surface area contributed by atoms with Crippen LogP contribution in [0.2, 0.25) is 0 Å². The number of rotatable bonds is 6. The topological polar surface area (TPSA) is 77.3 Å². The van der Waals surface area contributed by atoms with E-state index in [4.69, 9.17) is 9.47 Å². The van der Waals surface area contributed by atoms with Crippen molar-refractivity contribution in [3.8, 4) is 5.75 Å². The summed E-state index contributed by atoms with van der Waals surface area (Å²) in [6.45, 7) is 2.87. The zero-order chi connectivity index (χ0) is 19.8. The van der Waals surface area contributed by atoms with Crippen LogP contribution in [-0.2, 0) is 11.3 Å². The molecule has 29 heavy (non-hydrogen) atoms. The van der Waals surface area contributed by atoms with Crippen molar-refractivity contribution in [1.29, 1.82) is 0 Å². The molecule has 3 atom stereocenters. The van der Waals surface area contributed by atoms with Crippen LogP contribution in [0.15, 0.2) is 42.7 Å². The van der Waals surface area contributed by atoms with Gasteiger partial charge < -0.3 is 14.5 Å². The Labute approximate surface area is 169 Å². The average molecular weight is 391 g/mol. The van der Waals surface area contributed by atoms with Crippen LogP contribution < -0.4 is 4.74 Å². The predicted molar refractivity (Wildman–Crippen MR) is 110 cm³/mol. The van der Waals surface area contributed by atoms with Gasteiger partial charge in [0.15, 0.2) is 11.3 Å². The molecule has 1 aliphatic rings. The van der Waals surface area contributed by atoms with E-state index in [1.54, 1.807) is 13.3 Å². The number of methoxy groups -OCH3 is 1. The minimum Gasteiger partial charge on any atom is -0.497 e. The molecule has 7 nitrogen and oxygen atoms in total. The molecule has 3 heterocycles. The van der Waals surface area contributed by atoms with Gasteiger partial charge in [-0.25, -0.2) is 4.98 Å². The zero-order valence-corrected chi connectivity index (χ0v) is 16.7. The summed E-state index contributed by atoms with van der Waals surface area (Å²) in [5.74, 6) is 2.75. The molecular formula is C22H25N5O2. The third-order valence-electron chi connectivity index (χ3n) is 6.12. The van der Waals surface area contributed by atoms with Gasteiger partial charge in [0.2, 0.25) is 0 Å². The first-order valence-electron chi connectivity index (χ1n) is 10.2. The Balaban J connectivity index is 1.37. The highest BCUT2D eigenvalue weighted by Crippen LogP contribution is 2.42. The number of hydrogen-bond acceptors (Lipinski definition) is 5. The van der Waals surface area contributed by atoms with Crippen molar-refractivity contribution >= 4 is 16.8 Å². The van der Waals surface area contributed by atoms with Crippen molar-refractivity contribution in [1.82, 2.24) is 24.6 Å². The van der Waals surface area contributed by atoms with E-state index in [9.17, 15) is 0 Å². The maximum absolute atomic E-state index is 6.29. The molecule has 3 aromatic heterocycles. The fourth-order valence-corrected chi connectivity index (χ4v) is 4.55. The summed E-state index contributed by atoms with van der Waals surface area (Å²) in [5, 5.41) is 8.95. The van der Waals surface area contributed by atoms with E-state index in [0.717, 1.165) is 53.2 Å².